The average Bonchev–Trinajstić information content (AvgIpc) is 2.37. The Morgan fingerprint density at radius 1 is 1.10 bits per heavy atom. The van der Waals surface area contributed by atoms with Crippen LogP contribution in [-0.2, 0) is 4.74 Å². The number of halogens is 2. The summed E-state index contributed by atoms with van der Waals surface area (Å²) in [5.74, 6) is -3.15. The van der Waals surface area contributed by atoms with E-state index >= 15 is 0 Å². The van der Waals surface area contributed by atoms with Crippen molar-refractivity contribution in [1.29, 1.82) is 0 Å². The molecule has 0 amide bonds. The Morgan fingerprint density at radius 2 is 1.60 bits per heavy atom. The predicted octanol–water partition coefficient (Wildman–Crippen LogP) is 1.43. The molecule has 0 N–H and O–H groups in total. The maximum atomic E-state index is 12.7. The fourth-order valence-electron chi connectivity index (χ4n) is 2.55. The Hall–Kier alpha value is -0.180. The van der Waals surface area contributed by atoms with Crippen LogP contribution in [-0.4, -0.2) is 18.1 Å². The van der Waals surface area contributed by atoms with E-state index in [1.165, 1.54) is 0 Å². The van der Waals surface area contributed by atoms with Crippen LogP contribution in [0.3, 0.4) is 0 Å². The Labute approximate surface area is 57.4 Å². The topological polar surface area (TPSA) is 9.23 Å². The molecule has 3 aliphatic rings. The van der Waals surface area contributed by atoms with E-state index in [0.717, 1.165) is 12.8 Å². The van der Waals surface area contributed by atoms with Gasteiger partial charge in [0.15, 0.2) is 0 Å². The summed E-state index contributed by atoms with van der Waals surface area (Å²) >= 11 is 0. The van der Waals surface area contributed by atoms with Gasteiger partial charge in [0.05, 0.1) is 24.0 Å². The highest BCUT2D eigenvalue weighted by atomic mass is 19.3. The second kappa shape index (κ2) is 1.24. The Kier molecular flexibility index (Phi) is 0.680. The number of alkyl halides is 2. The molecular weight excluding hydrogens is 138 g/mol. The van der Waals surface area contributed by atoms with Gasteiger partial charge in [0.1, 0.15) is 0 Å². The van der Waals surface area contributed by atoms with Gasteiger partial charge in [-0.15, -0.1) is 0 Å². The SMILES string of the molecule is FC1(F)C2C3CCC(O3)C21. The van der Waals surface area contributed by atoms with Crippen molar-refractivity contribution in [2.75, 3.05) is 0 Å². The number of rotatable bonds is 0. The van der Waals surface area contributed by atoms with Crippen LogP contribution in [0.15, 0.2) is 0 Å². The van der Waals surface area contributed by atoms with E-state index in [1.807, 2.05) is 0 Å². The van der Waals surface area contributed by atoms with Crippen LogP contribution in [0, 0.1) is 11.8 Å². The van der Waals surface area contributed by atoms with Crippen LogP contribution in [0.25, 0.3) is 0 Å². The lowest BCUT2D eigenvalue weighted by Gasteiger charge is -2.08. The van der Waals surface area contributed by atoms with Gasteiger partial charge in [-0.05, 0) is 12.8 Å². The molecule has 2 bridgehead atoms. The molecule has 0 spiro atoms. The highest BCUT2D eigenvalue weighted by Crippen LogP contribution is 2.68. The number of ether oxygens (including phenoxy) is 1. The number of fused-ring (bicyclic) bond motifs is 5. The molecule has 56 valence electrons. The van der Waals surface area contributed by atoms with Crippen molar-refractivity contribution >= 4 is 0 Å². The van der Waals surface area contributed by atoms with Gasteiger partial charge in [0.25, 0.3) is 5.92 Å². The van der Waals surface area contributed by atoms with Gasteiger partial charge < -0.3 is 4.74 Å². The molecule has 4 atom stereocenters. The van der Waals surface area contributed by atoms with Crippen molar-refractivity contribution in [2.45, 2.75) is 31.0 Å². The van der Waals surface area contributed by atoms with Gasteiger partial charge >= 0.3 is 0 Å². The van der Waals surface area contributed by atoms with Crippen molar-refractivity contribution in [3.63, 3.8) is 0 Å². The monoisotopic (exact) mass is 146 g/mol. The molecule has 2 heterocycles. The molecule has 3 heteroatoms. The van der Waals surface area contributed by atoms with Gasteiger partial charge in [-0.3, -0.25) is 0 Å². The first-order valence-electron chi connectivity index (χ1n) is 3.74. The van der Waals surface area contributed by atoms with E-state index in [1.54, 1.807) is 0 Å². The first-order chi connectivity index (χ1) is 4.71. The molecule has 0 aromatic rings. The van der Waals surface area contributed by atoms with Gasteiger partial charge in [0, 0.05) is 0 Å². The Balaban J connectivity index is 1.97. The molecule has 0 aromatic carbocycles. The summed E-state index contributed by atoms with van der Waals surface area (Å²) in [5, 5.41) is 0. The quantitative estimate of drug-likeness (QED) is 0.502. The first-order valence-corrected chi connectivity index (χ1v) is 3.74. The Morgan fingerprint density at radius 3 is 2.00 bits per heavy atom. The van der Waals surface area contributed by atoms with Crippen LogP contribution in [0.1, 0.15) is 12.8 Å². The molecular formula is C7H8F2O. The summed E-state index contributed by atoms with van der Waals surface area (Å²) in [7, 11) is 0. The second-order valence-corrected chi connectivity index (χ2v) is 3.52. The van der Waals surface area contributed by atoms with Crippen LogP contribution >= 0.6 is 0 Å². The molecule has 1 saturated carbocycles. The summed E-state index contributed by atoms with van der Waals surface area (Å²) in [6, 6.07) is 0. The Bertz CT molecular complexity index is 174. The molecule has 1 aliphatic carbocycles. The van der Waals surface area contributed by atoms with Crippen LogP contribution in [0.2, 0.25) is 0 Å². The van der Waals surface area contributed by atoms with E-state index < -0.39 is 17.8 Å². The summed E-state index contributed by atoms with van der Waals surface area (Å²) in [5.41, 5.74) is 0. The molecule has 4 unspecified atom stereocenters. The molecule has 2 saturated heterocycles. The molecule has 2 aliphatic heterocycles. The van der Waals surface area contributed by atoms with Crippen molar-refractivity contribution < 1.29 is 13.5 Å². The first kappa shape index (κ1) is 5.47. The predicted molar refractivity (Wildman–Crippen MR) is 29.8 cm³/mol. The number of hydrogen-bond donors (Lipinski definition) is 0. The van der Waals surface area contributed by atoms with Crippen molar-refractivity contribution in [1.82, 2.24) is 0 Å². The lowest BCUT2D eigenvalue weighted by Crippen LogP contribution is -2.15. The van der Waals surface area contributed by atoms with Gasteiger partial charge in [-0.1, -0.05) is 0 Å². The molecule has 10 heavy (non-hydrogen) atoms. The zero-order chi connectivity index (χ0) is 6.93. The van der Waals surface area contributed by atoms with E-state index in [2.05, 4.69) is 0 Å². The molecule has 0 radical (unpaired) electrons. The molecule has 3 fully saturated rings. The smallest absolute Gasteiger partial charge is 0.259 e. The van der Waals surface area contributed by atoms with Crippen molar-refractivity contribution in [3.8, 4) is 0 Å². The van der Waals surface area contributed by atoms with Gasteiger partial charge in [0.2, 0.25) is 0 Å². The van der Waals surface area contributed by atoms with Crippen LogP contribution < -0.4 is 0 Å². The normalized spacial score (nSPS) is 60.6. The summed E-state index contributed by atoms with van der Waals surface area (Å²) in [6.07, 6.45) is 1.54. The molecule has 0 aromatic heterocycles. The highest BCUT2D eigenvalue weighted by Gasteiger charge is 2.79. The maximum Gasteiger partial charge on any atom is 0.259 e. The molecule has 1 nitrogen and oxygen atoms in total. The summed E-state index contributed by atoms with van der Waals surface area (Å²) < 4.78 is 30.7. The average molecular weight is 146 g/mol. The second-order valence-electron chi connectivity index (χ2n) is 3.52. The maximum absolute atomic E-state index is 12.7. The van der Waals surface area contributed by atoms with Gasteiger partial charge in [-0.2, -0.15) is 0 Å². The molecule has 3 rings (SSSR count). The van der Waals surface area contributed by atoms with E-state index in [4.69, 9.17) is 4.74 Å². The summed E-state index contributed by atoms with van der Waals surface area (Å²) in [4.78, 5) is 0. The fourth-order valence-corrected chi connectivity index (χ4v) is 2.55. The third-order valence-corrected chi connectivity index (χ3v) is 3.05. The zero-order valence-electron chi connectivity index (χ0n) is 5.39. The minimum Gasteiger partial charge on any atom is -0.374 e. The van der Waals surface area contributed by atoms with E-state index in [-0.39, 0.29) is 12.2 Å². The minimum atomic E-state index is -2.36. The van der Waals surface area contributed by atoms with Crippen molar-refractivity contribution in [3.05, 3.63) is 0 Å². The van der Waals surface area contributed by atoms with Crippen LogP contribution in [0.4, 0.5) is 8.78 Å². The fraction of sp³-hybridized carbons (Fsp3) is 1.00. The minimum absolute atomic E-state index is 0.0926. The van der Waals surface area contributed by atoms with E-state index in [0.29, 0.717) is 0 Å². The largest absolute Gasteiger partial charge is 0.374 e. The lowest BCUT2D eigenvalue weighted by atomic mass is 10.0. The lowest BCUT2D eigenvalue weighted by molar-refractivity contribution is -0.0278. The van der Waals surface area contributed by atoms with Crippen molar-refractivity contribution in [2.24, 2.45) is 11.8 Å². The van der Waals surface area contributed by atoms with Crippen LogP contribution in [0.5, 0.6) is 0 Å². The van der Waals surface area contributed by atoms with Gasteiger partial charge in [-0.25, -0.2) is 8.78 Å². The number of hydrogen-bond acceptors (Lipinski definition) is 1. The highest BCUT2D eigenvalue weighted by molar-refractivity contribution is 5.19. The van der Waals surface area contributed by atoms with E-state index in [9.17, 15) is 8.78 Å². The standard InChI is InChI=1S/C7H8F2O/c8-7(9)5-3-1-2-4(10-3)6(5)7/h3-6H,1-2H2. The zero-order valence-corrected chi connectivity index (χ0v) is 5.39. The third kappa shape index (κ3) is 0.383. The third-order valence-electron chi connectivity index (χ3n) is 3.05. The summed E-state index contributed by atoms with van der Waals surface area (Å²) in [6.45, 7) is 0.